The summed E-state index contributed by atoms with van der Waals surface area (Å²) in [6.45, 7) is 0.402. The van der Waals surface area contributed by atoms with Crippen molar-refractivity contribution in [3.8, 4) is 0 Å². The average molecular weight is 908 g/mol. The molecule has 29 heteroatoms. The van der Waals surface area contributed by atoms with Crippen molar-refractivity contribution in [2.75, 3.05) is 37.8 Å². The first-order chi connectivity index (χ1) is 26.9. The molecule has 0 spiro atoms. The Morgan fingerprint density at radius 3 is 2.40 bits per heavy atom. The highest BCUT2D eigenvalue weighted by Gasteiger charge is 2.50. The predicted octanol–water partition coefficient (Wildman–Crippen LogP) is -0.250. The Hall–Kier alpha value is -2.48. The van der Waals surface area contributed by atoms with Gasteiger partial charge in [0.2, 0.25) is 11.8 Å². The summed E-state index contributed by atoms with van der Waals surface area (Å²) in [5.41, 5.74) is 3.27. The summed E-state index contributed by atoms with van der Waals surface area (Å²) in [5.74, 6) is -1.21. The number of amides is 2. The smallest absolute Gasteiger partial charge is 0.389 e. The summed E-state index contributed by atoms with van der Waals surface area (Å²) in [4.78, 5) is 88.0. The number of hydrogen-bond acceptors (Lipinski definition) is 19. The molecule has 4 rings (SSSR count). The number of aromatic nitrogens is 4. The summed E-state index contributed by atoms with van der Waals surface area (Å²) in [6, 6.07) is 0. The fourth-order valence-electron chi connectivity index (χ4n) is 6.00. The molecule has 3 heterocycles. The molecular formula is C29H48N7O18P3S. The summed E-state index contributed by atoms with van der Waals surface area (Å²) in [5, 5.41) is 36.7. The van der Waals surface area contributed by atoms with Crippen molar-refractivity contribution in [1.82, 2.24) is 30.2 Å². The van der Waals surface area contributed by atoms with Gasteiger partial charge >= 0.3 is 23.5 Å². The molecule has 0 bridgehead atoms. The van der Waals surface area contributed by atoms with Crippen molar-refractivity contribution in [1.29, 1.82) is 0 Å². The van der Waals surface area contributed by atoms with Crippen LogP contribution in [-0.2, 0) is 50.7 Å². The van der Waals surface area contributed by atoms with Gasteiger partial charge in [-0.2, -0.15) is 4.31 Å². The highest BCUT2D eigenvalue weighted by atomic mass is 32.2. The van der Waals surface area contributed by atoms with Crippen LogP contribution in [0.25, 0.3) is 11.2 Å². The maximum atomic E-state index is 12.7. The average Bonchev–Trinajstić information content (AvgIpc) is 3.68. The van der Waals surface area contributed by atoms with Crippen molar-refractivity contribution in [2.45, 2.75) is 95.0 Å². The van der Waals surface area contributed by atoms with E-state index in [1.807, 2.05) is 0 Å². The van der Waals surface area contributed by atoms with E-state index in [-0.39, 0.29) is 53.8 Å². The minimum absolute atomic E-state index is 0.0275. The third-order valence-electron chi connectivity index (χ3n) is 9.02. The SMILES string of the molecule is CC(C)(COP(=O)(O)OP(=O)(O)OCC1OC(n2cnc3c(N)ncnc32)C(O)C1OP(=O)(O)O)C(O)C(=O)NCCC(=O)NCCSC(=O)CC1(O)CCCCC1. The lowest BCUT2D eigenvalue weighted by atomic mass is 9.83. The number of nitrogens with one attached hydrogen (secondary N) is 2. The molecule has 58 heavy (non-hydrogen) atoms. The second kappa shape index (κ2) is 19.9. The Morgan fingerprint density at radius 1 is 1.05 bits per heavy atom. The van der Waals surface area contributed by atoms with Crippen LogP contribution in [0.15, 0.2) is 12.7 Å². The van der Waals surface area contributed by atoms with E-state index in [0.717, 1.165) is 48.2 Å². The van der Waals surface area contributed by atoms with Crippen molar-refractivity contribution in [3.63, 3.8) is 0 Å². The van der Waals surface area contributed by atoms with Crippen LogP contribution in [0, 0.1) is 5.41 Å². The first-order valence-corrected chi connectivity index (χ1v) is 23.2. The van der Waals surface area contributed by atoms with Gasteiger partial charge < -0.3 is 56.0 Å². The van der Waals surface area contributed by atoms with Crippen LogP contribution in [0.2, 0.25) is 0 Å². The second-order valence-corrected chi connectivity index (χ2v) is 19.6. The molecular weight excluding hydrogens is 859 g/mol. The van der Waals surface area contributed by atoms with Gasteiger partial charge in [0.05, 0.1) is 25.1 Å². The lowest BCUT2D eigenvalue weighted by Crippen LogP contribution is -2.46. The normalized spacial score (nSPS) is 23.8. The number of carbonyl (C=O) groups excluding carboxylic acids is 3. The summed E-state index contributed by atoms with van der Waals surface area (Å²) in [6.07, 6.45) is -2.99. The summed E-state index contributed by atoms with van der Waals surface area (Å²) >= 11 is 1.00. The van der Waals surface area contributed by atoms with E-state index in [4.69, 9.17) is 19.5 Å². The Morgan fingerprint density at radius 2 is 1.72 bits per heavy atom. The summed E-state index contributed by atoms with van der Waals surface area (Å²) < 4.78 is 62.2. The fourth-order valence-corrected chi connectivity index (χ4v) is 9.63. The first kappa shape index (κ1) is 48.2. The third kappa shape index (κ3) is 14.0. The largest absolute Gasteiger partial charge is 0.481 e. The van der Waals surface area contributed by atoms with Gasteiger partial charge in [0.1, 0.15) is 36.3 Å². The molecule has 2 fully saturated rings. The second-order valence-electron chi connectivity index (χ2n) is 14.3. The topological polar surface area (TPSA) is 384 Å². The van der Waals surface area contributed by atoms with E-state index in [2.05, 4.69) is 34.4 Å². The van der Waals surface area contributed by atoms with Crippen molar-refractivity contribution in [3.05, 3.63) is 12.7 Å². The van der Waals surface area contributed by atoms with Crippen LogP contribution < -0.4 is 16.4 Å². The number of anilines is 1. The maximum absolute atomic E-state index is 12.7. The Balaban J connectivity index is 1.21. The van der Waals surface area contributed by atoms with E-state index in [1.165, 1.54) is 13.8 Å². The highest BCUT2D eigenvalue weighted by molar-refractivity contribution is 8.13. The number of aliphatic hydroxyl groups is 3. The zero-order valence-corrected chi connectivity index (χ0v) is 34.8. The number of fused-ring (bicyclic) bond motifs is 1. The Labute approximate surface area is 335 Å². The van der Waals surface area contributed by atoms with Crippen molar-refractivity contribution >= 4 is 69.1 Å². The molecule has 0 aromatic carbocycles. The molecule has 7 atom stereocenters. The molecule has 1 saturated carbocycles. The number of ether oxygens (including phenoxy) is 1. The zero-order valence-electron chi connectivity index (χ0n) is 31.3. The van der Waals surface area contributed by atoms with Crippen LogP contribution in [0.3, 0.4) is 0 Å². The van der Waals surface area contributed by atoms with Gasteiger partial charge in [0, 0.05) is 37.1 Å². The number of imidazole rings is 1. The van der Waals surface area contributed by atoms with Crippen LogP contribution in [-0.4, -0.2) is 133 Å². The quantitative estimate of drug-likeness (QED) is 0.0570. The molecule has 7 unspecified atom stereocenters. The van der Waals surface area contributed by atoms with Crippen LogP contribution in [0.4, 0.5) is 5.82 Å². The minimum Gasteiger partial charge on any atom is -0.389 e. The number of phosphoric ester groups is 3. The number of phosphoric acid groups is 3. The van der Waals surface area contributed by atoms with Gasteiger partial charge in [-0.05, 0) is 12.8 Å². The van der Waals surface area contributed by atoms with Gasteiger partial charge in [-0.1, -0.05) is 44.9 Å². The number of thioether (sulfide) groups is 1. The fraction of sp³-hybridized carbons (Fsp3) is 0.724. The number of nitrogens with zero attached hydrogens (tertiary/aromatic N) is 4. The van der Waals surface area contributed by atoms with Gasteiger partial charge in [-0.25, -0.2) is 28.6 Å². The van der Waals surface area contributed by atoms with Crippen LogP contribution in [0.5, 0.6) is 0 Å². The molecule has 25 nitrogen and oxygen atoms in total. The molecule has 2 amide bonds. The first-order valence-electron chi connectivity index (χ1n) is 17.7. The minimum atomic E-state index is -5.58. The van der Waals surface area contributed by atoms with Crippen LogP contribution in [0.1, 0.15) is 65.0 Å². The van der Waals surface area contributed by atoms with Crippen molar-refractivity contribution in [2.24, 2.45) is 5.41 Å². The van der Waals surface area contributed by atoms with E-state index < -0.39 is 90.2 Å². The lowest BCUT2D eigenvalue weighted by Gasteiger charge is -2.31. The van der Waals surface area contributed by atoms with Gasteiger partial charge in [-0.15, -0.1) is 0 Å². The highest BCUT2D eigenvalue weighted by Crippen LogP contribution is 2.61. The molecule has 2 aliphatic rings. The Kier molecular flexibility index (Phi) is 16.6. The zero-order chi connectivity index (χ0) is 43.1. The van der Waals surface area contributed by atoms with E-state index in [9.17, 15) is 63.0 Å². The molecule has 328 valence electrons. The number of rotatable bonds is 21. The van der Waals surface area contributed by atoms with Gasteiger partial charge in [-0.3, -0.25) is 32.5 Å². The van der Waals surface area contributed by atoms with Crippen molar-refractivity contribution < 1.29 is 85.6 Å². The maximum Gasteiger partial charge on any atom is 0.481 e. The van der Waals surface area contributed by atoms with Gasteiger partial charge in [0.15, 0.2) is 22.8 Å². The number of nitrogens with two attached hydrogens (primary N) is 1. The molecule has 11 N–H and O–H groups in total. The molecule has 1 aliphatic carbocycles. The number of carbonyl (C=O) groups is 3. The number of hydrogen-bond donors (Lipinski definition) is 10. The molecule has 2 aromatic heterocycles. The number of aliphatic hydroxyl groups excluding tert-OH is 2. The molecule has 2 aromatic rings. The Bertz CT molecular complexity index is 1910. The van der Waals surface area contributed by atoms with E-state index in [0.29, 0.717) is 12.8 Å². The van der Waals surface area contributed by atoms with E-state index >= 15 is 0 Å². The molecule has 1 saturated heterocycles. The number of nitrogen functional groups attached to an aromatic ring is 1. The third-order valence-corrected chi connectivity index (χ3v) is 13.0. The van der Waals surface area contributed by atoms with E-state index in [1.54, 1.807) is 0 Å². The molecule has 0 radical (unpaired) electrons. The molecule has 1 aliphatic heterocycles. The standard InChI is InChI=1S/C29H48N7O18P3S/c1-28(2,23(40)26(41)32-9-6-18(37)31-10-11-58-19(38)12-29(42)7-4-3-5-8-29)14-51-57(48,49)54-56(46,47)50-13-17-22(53-55(43,44)45)21(39)27(52-17)36-16-35-20-24(30)33-15-34-25(20)36/h15-17,21-23,27,39-40,42H,3-14H2,1-2H3,(H,31,37)(H,32,41)(H,46,47)(H,48,49)(H2,30,33,34)(H2,43,44,45). The lowest BCUT2D eigenvalue weighted by molar-refractivity contribution is -0.137. The predicted molar refractivity (Wildman–Crippen MR) is 200 cm³/mol. The monoisotopic (exact) mass is 907 g/mol. The van der Waals surface area contributed by atoms with Gasteiger partial charge in [0.25, 0.3) is 0 Å². The summed E-state index contributed by atoms with van der Waals surface area (Å²) in [7, 11) is -16.4. The van der Waals surface area contributed by atoms with Crippen LogP contribution >= 0.6 is 35.2 Å².